The van der Waals surface area contributed by atoms with Gasteiger partial charge in [-0.2, -0.15) is 0 Å². The molecule has 2 aromatic carbocycles. The van der Waals surface area contributed by atoms with Gasteiger partial charge in [0.1, 0.15) is 11.9 Å². The standard InChI is InChI=1S/C18H19ClN2O5/c1-25-15-9-5-12(6-10-15)17(26-2)16(19)11-20-18(22)13-3-7-14(8-4-13)21(23)24/h3-10,16-17H,11H2,1-2H3,(H,20,22)/t16-,17+/m1/s1. The second-order valence-electron chi connectivity index (χ2n) is 5.46. The molecule has 1 amide bonds. The average Bonchev–Trinajstić information content (AvgIpc) is 2.67. The number of amides is 1. The van der Waals surface area contributed by atoms with Crippen molar-refractivity contribution < 1.29 is 19.2 Å². The van der Waals surface area contributed by atoms with Crippen molar-refractivity contribution in [3.8, 4) is 5.75 Å². The number of non-ortho nitro benzene ring substituents is 1. The fourth-order valence-electron chi connectivity index (χ4n) is 2.42. The highest BCUT2D eigenvalue weighted by Gasteiger charge is 2.22. The molecule has 0 aromatic heterocycles. The second-order valence-corrected chi connectivity index (χ2v) is 6.02. The molecular weight excluding hydrogens is 360 g/mol. The van der Waals surface area contributed by atoms with Crippen molar-refractivity contribution in [2.75, 3.05) is 20.8 Å². The van der Waals surface area contributed by atoms with E-state index in [4.69, 9.17) is 21.1 Å². The molecule has 7 nitrogen and oxygen atoms in total. The third-order valence-corrected chi connectivity index (χ3v) is 4.21. The first-order chi connectivity index (χ1) is 12.5. The third-order valence-electron chi connectivity index (χ3n) is 3.82. The Morgan fingerprint density at radius 1 is 1.15 bits per heavy atom. The summed E-state index contributed by atoms with van der Waals surface area (Å²) in [5.74, 6) is 0.358. The summed E-state index contributed by atoms with van der Waals surface area (Å²) in [7, 11) is 3.13. The van der Waals surface area contributed by atoms with Gasteiger partial charge in [0, 0.05) is 31.4 Å². The maximum absolute atomic E-state index is 12.2. The van der Waals surface area contributed by atoms with Gasteiger partial charge >= 0.3 is 0 Å². The summed E-state index contributed by atoms with van der Waals surface area (Å²) in [4.78, 5) is 22.3. The normalized spacial score (nSPS) is 12.9. The zero-order chi connectivity index (χ0) is 19.1. The molecule has 0 bridgehead atoms. The molecule has 0 unspecified atom stereocenters. The van der Waals surface area contributed by atoms with Gasteiger partial charge in [-0.05, 0) is 29.8 Å². The van der Waals surface area contributed by atoms with Gasteiger partial charge in [0.2, 0.25) is 0 Å². The first-order valence-electron chi connectivity index (χ1n) is 7.79. The maximum atomic E-state index is 12.2. The third kappa shape index (κ3) is 4.93. The van der Waals surface area contributed by atoms with Crippen LogP contribution in [0, 0.1) is 10.1 Å². The summed E-state index contributed by atoms with van der Waals surface area (Å²) >= 11 is 6.39. The molecule has 0 spiro atoms. The molecule has 0 saturated carbocycles. The van der Waals surface area contributed by atoms with E-state index < -0.39 is 16.4 Å². The van der Waals surface area contributed by atoms with E-state index in [0.717, 1.165) is 11.3 Å². The van der Waals surface area contributed by atoms with E-state index in [1.807, 2.05) is 12.1 Å². The van der Waals surface area contributed by atoms with Crippen molar-refractivity contribution in [2.45, 2.75) is 11.5 Å². The zero-order valence-corrected chi connectivity index (χ0v) is 15.1. The van der Waals surface area contributed by atoms with E-state index in [0.29, 0.717) is 5.56 Å². The number of nitro benzene ring substituents is 1. The Balaban J connectivity index is 1.97. The van der Waals surface area contributed by atoms with E-state index in [2.05, 4.69) is 5.32 Å². The molecule has 26 heavy (non-hydrogen) atoms. The Kier molecular flexibility index (Phi) is 6.94. The largest absolute Gasteiger partial charge is 0.497 e. The average molecular weight is 379 g/mol. The molecule has 1 N–H and O–H groups in total. The van der Waals surface area contributed by atoms with E-state index in [-0.39, 0.29) is 18.1 Å². The van der Waals surface area contributed by atoms with Gasteiger partial charge in [-0.25, -0.2) is 0 Å². The molecule has 2 rings (SSSR count). The number of nitro groups is 1. The summed E-state index contributed by atoms with van der Waals surface area (Å²) in [5.41, 5.74) is 1.10. The van der Waals surface area contributed by atoms with Crippen LogP contribution < -0.4 is 10.1 Å². The van der Waals surface area contributed by atoms with Crippen LogP contribution in [0.5, 0.6) is 5.75 Å². The fraction of sp³-hybridized carbons (Fsp3) is 0.278. The smallest absolute Gasteiger partial charge is 0.269 e. The minimum absolute atomic E-state index is 0.0734. The lowest BCUT2D eigenvalue weighted by Crippen LogP contribution is -2.33. The number of methoxy groups -OCH3 is 2. The fourth-order valence-corrected chi connectivity index (χ4v) is 2.75. The van der Waals surface area contributed by atoms with Crippen LogP contribution in [0.3, 0.4) is 0 Å². The molecule has 2 atom stereocenters. The Morgan fingerprint density at radius 2 is 1.77 bits per heavy atom. The predicted octanol–water partition coefficient (Wildman–Crippen LogP) is 3.33. The number of benzene rings is 2. The van der Waals surface area contributed by atoms with Gasteiger partial charge in [0.25, 0.3) is 11.6 Å². The van der Waals surface area contributed by atoms with Crippen molar-refractivity contribution in [1.82, 2.24) is 5.32 Å². The highest BCUT2D eigenvalue weighted by Crippen LogP contribution is 2.26. The van der Waals surface area contributed by atoms with E-state index in [1.54, 1.807) is 26.4 Å². The second kappa shape index (κ2) is 9.17. The molecule has 0 aliphatic heterocycles. The first-order valence-corrected chi connectivity index (χ1v) is 8.23. The Bertz CT molecular complexity index is 749. The summed E-state index contributed by atoms with van der Waals surface area (Å²) in [6, 6.07) is 12.7. The number of hydrogen-bond acceptors (Lipinski definition) is 5. The van der Waals surface area contributed by atoms with Crippen LogP contribution in [0.25, 0.3) is 0 Å². The van der Waals surface area contributed by atoms with Gasteiger partial charge in [0.15, 0.2) is 0 Å². The maximum Gasteiger partial charge on any atom is 0.269 e. The van der Waals surface area contributed by atoms with Crippen molar-refractivity contribution in [2.24, 2.45) is 0 Å². The molecule has 2 aromatic rings. The topological polar surface area (TPSA) is 90.7 Å². The predicted molar refractivity (Wildman–Crippen MR) is 97.8 cm³/mol. The first kappa shape index (κ1) is 19.7. The molecule has 0 radical (unpaired) electrons. The van der Waals surface area contributed by atoms with Crippen molar-refractivity contribution in [3.63, 3.8) is 0 Å². The summed E-state index contributed by atoms with van der Waals surface area (Å²) in [5, 5.41) is 12.9. The lowest BCUT2D eigenvalue weighted by atomic mass is 10.1. The highest BCUT2D eigenvalue weighted by molar-refractivity contribution is 6.21. The van der Waals surface area contributed by atoms with Crippen LogP contribution in [0.4, 0.5) is 5.69 Å². The summed E-state index contributed by atoms with van der Waals surface area (Å²) in [6.07, 6.45) is -0.417. The number of alkyl halides is 1. The zero-order valence-electron chi connectivity index (χ0n) is 14.3. The van der Waals surface area contributed by atoms with E-state index in [9.17, 15) is 14.9 Å². The molecule has 8 heteroatoms. The molecule has 0 fully saturated rings. The highest BCUT2D eigenvalue weighted by atomic mass is 35.5. The number of carbonyl (C=O) groups is 1. The number of nitrogens with zero attached hydrogens (tertiary/aromatic N) is 1. The van der Waals surface area contributed by atoms with Gasteiger partial charge in [-0.1, -0.05) is 12.1 Å². The Hall–Kier alpha value is -2.64. The number of carbonyl (C=O) groups excluding carboxylic acids is 1. The Labute approximate surface area is 156 Å². The van der Waals surface area contributed by atoms with E-state index >= 15 is 0 Å². The molecule has 0 heterocycles. The molecule has 0 saturated heterocycles. The summed E-state index contributed by atoms with van der Waals surface area (Å²) < 4.78 is 10.6. The molecular formula is C18H19ClN2O5. The van der Waals surface area contributed by atoms with Gasteiger partial charge < -0.3 is 14.8 Å². The number of nitrogens with one attached hydrogen (secondary N) is 1. The van der Waals surface area contributed by atoms with Gasteiger partial charge in [0.05, 0.1) is 17.4 Å². The Morgan fingerprint density at radius 3 is 2.27 bits per heavy atom. The van der Waals surface area contributed by atoms with Crippen molar-refractivity contribution >= 4 is 23.2 Å². The van der Waals surface area contributed by atoms with Crippen molar-refractivity contribution in [3.05, 3.63) is 69.8 Å². The molecule has 138 valence electrons. The van der Waals surface area contributed by atoms with Crippen LogP contribution >= 0.6 is 11.6 Å². The van der Waals surface area contributed by atoms with Crippen molar-refractivity contribution in [1.29, 1.82) is 0 Å². The lowest BCUT2D eigenvalue weighted by molar-refractivity contribution is -0.384. The van der Waals surface area contributed by atoms with Crippen LogP contribution in [0.2, 0.25) is 0 Å². The number of ether oxygens (including phenoxy) is 2. The summed E-state index contributed by atoms with van der Waals surface area (Å²) in [6.45, 7) is 0.169. The SMILES string of the molecule is COc1ccc([C@H](OC)[C@H](Cl)CNC(=O)c2ccc([N+](=O)[O-])cc2)cc1. The monoisotopic (exact) mass is 378 g/mol. The van der Waals surface area contributed by atoms with E-state index in [1.165, 1.54) is 24.3 Å². The lowest BCUT2D eigenvalue weighted by Gasteiger charge is -2.22. The molecule has 0 aliphatic carbocycles. The van der Waals surface area contributed by atoms with Crippen LogP contribution in [0.1, 0.15) is 22.0 Å². The van der Waals surface area contributed by atoms with Crippen LogP contribution in [-0.4, -0.2) is 37.0 Å². The van der Waals surface area contributed by atoms with Crippen LogP contribution in [0.15, 0.2) is 48.5 Å². The molecule has 0 aliphatic rings. The van der Waals surface area contributed by atoms with Crippen LogP contribution in [-0.2, 0) is 4.74 Å². The quantitative estimate of drug-likeness (QED) is 0.432. The minimum atomic E-state index is -0.519. The van der Waals surface area contributed by atoms with Gasteiger partial charge in [-0.3, -0.25) is 14.9 Å². The number of rotatable bonds is 8. The number of halogens is 1. The number of hydrogen-bond donors (Lipinski definition) is 1. The van der Waals surface area contributed by atoms with Gasteiger partial charge in [-0.15, -0.1) is 11.6 Å². The minimum Gasteiger partial charge on any atom is -0.497 e.